The number of hydrogen-bond donors (Lipinski definition) is 1. The van der Waals surface area contributed by atoms with Gasteiger partial charge in [0.1, 0.15) is 5.75 Å². The monoisotopic (exact) mass is 289 g/mol. The second-order valence-electron chi connectivity index (χ2n) is 4.12. The molecular weight excluding hydrogens is 278 g/mol. The topological polar surface area (TPSA) is 69.4 Å². The summed E-state index contributed by atoms with van der Waals surface area (Å²) in [7, 11) is 1.55. The Bertz CT molecular complexity index is 665. The van der Waals surface area contributed by atoms with Crippen molar-refractivity contribution >= 4 is 23.3 Å². The zero-order valence-corrected chi connectivity index (χ0v) is 11.5. The molecule has 20 heavy (non-hydrogen) atoms. The summed E-state index contributed by atoms with van der Waals surface area (Å²) in [4.78, 5) is 23.3. The maximum atomic E-state index is 12.3. The molecule has 102 valence electrons. The third kappa shape index (κ3) is 2.81. The van der Waals surface area contributed by atoms with Gasteiger partial charge in [-0.3, -0.25) is 9.59 Å². The van der Waals surface area contributed by atoms with Gasteiger partial charge < -0.3 is 10.5 Å². The molecule has 2 rings (SSSR count). The maximum absolute atomic E-state index is 12.3. The van der Waals surface area contributed by atoms with E-state index in [0.29, 0.717) is 16.9 Å². The Hall–Kier alpha value is -2.33. The highest BCUT2D eigenvalue weighted by Gasteiger charge is 2.13. The van der Waals surface area contributed by atoms with E-state index in [1.165, 1.54) is 18.2 Å². The number of ketones is 1. The van der Waals surface area contributed by atoms with Crippen LogP contribution in [0, 0.1) is 0 Å². The predicted molar refractivity (Wildman–Crippen MR) is 76.4 cm³/mol. The van der Waals surface area contributed by atoms with Gasteiger partial charge >= 0.3 is 0 Å². The number of hydrogen-bond acceptors (Lipinski definition) is 3. The van der Waals surface area contributed by atoms with Gasteiger partial charge in [-0.25, -0.2) is 0 Å². The molecule has 2 aromatic carbocycles. The normalized spacial score (nSPS) is 10.1. The van der Waals surface area contributed by atoms with E-state index in [0.717, 1.165) is 0 Å². The van der Waals surface area contributed by atoms with Crippen molar-refractivity contribution in [2.75, 3.05) is 7.11 Å². The standard InChI is InChI=1S/C15H12ClNO3/c1-20-11-5-2-9(3-6-11)14(18)10-4-7-12(15(17)19)13(16)8-10/h2-8H,1H3,(H2,17,19). The second-order valence-corrected chi connectivity index (χ2v) is 4.52. The minimum atomic E-state index is -0.626. The van der Waals surface area contributed by atoms with Crippen molar-refractivity contribution in [2.24, 2.45) is 5.73 Å². The van der Waals surface area contributed by atoms with Gasteiger partial charge in [-0.15, -0.1) is 0 Å². The van der Waals surface area contributed by atoms with E-state index < -0.39 is 5.91 Å². The van der Waals surface area contributed by atoms with Crippen LogP contribution in [-0.2, 0) is 0 Å². The van der Waals surface area contributed by atoms with E-state index in [4.69, 9.17) is 22.1 Å². The molecule has 0 aromatic heterocycles. The third-order valence-electron chi connectivity index (χ3n) is 2.85. The van der Waals surface area contributed by atoms with Crippen LogP contribution in [0.1, 0.15) is 26.3 Å². The number of primary amides is 1. The van der Waals surface area contributed by atoms with Gasteiger partial charge in [0, 0.05) is 11.1 Å². The Balaban J connectivity index is 2.33. The van der Waals surface area contributed by atoms with Crippen LogP contribution in [0.25, 0.3) is 0 Å². The predicted octanol–water partition coefficient (Wildman–Crippen LogP) is 2.68. The van der Waals surface area contributed by atoms with Gasteiger partial charge in [0.2, 0.25) is 5.91 Å². The quantitative estimate of drug-likeness (QED) is 0.880. The molecule has 0 saturated heterocycles. The molecule has 0 atom stereocenters. The minimum Gasteiger partial charge on any atom is -0.497 e. The summed E-state index contributed by atoms with van der Waals surface area (Å²) in [6.45, 7) is 0. The molecule has 0 spiro atoms. The second kappa shape index (κ2) is 5.75. The molecule has 0 aliphatic rings. The van der Waals surface area contributed by atoms with Gasteiger partial charge in [-0.2, -0.15) is 0 Å². The van der Waals surface area contributed by atoms with Crippen molar-refractivity contribution in [2.45, 2.75) is 0 Å². The van der Waals surface area contributed by atoms with Crippen molar-refractivity contribution in [1.29, 1.82) is 0 Å². The fourth-order valence-electron chi connectivity index (χ4n) is 1.77. The molecule has 2 aromatic rings. The largest absolute Gasteiger partial charge is 0.497 e. The first-order valence-corrected chi connectivity index (χ1v) is 6.19. The van der Waals surface area contributed by atoms with Crippen LogP contribution in [0.5, 0.6) is 5.75 Å². The van der Waals surface area contributed by atoms with Crippen molar-refractivity contribution in [3.05, 3.63) is 64.2 Å². The van der Waals surface area contributed by atoms with E-state index in [2.05, 4.69) is 0 Å². The number of carbonyl (C=O) groups excluding carboxylic acids is 2. The van der Waals surface area contributed by atoms with E-state index in [-0.39, 0.29) is 16.4 Å². The molecule has 2 N–H and O–H groups in total. The summed E-state index contributed by atoms with van der Waals surface area (Å²) in [5.74, 6) is -0.146. The fourth-order valence-corrected chi connectivity index (χ4v) is 2.04. The molecule has 0 aliphatic carbocycles. The molecule has 5 heteroatoms. The van der Waals surface area contributed by atoms with Crippen molar-refractivity contribution in [3.8, 4) is 5.75 Å². The lowest BCUT2D eigenvalue weighted by molar-refractivity contribution is 0.0997. The number of halogens is 1. The molecule has 0 heterocycles. The number of amides is 1. The number of carbonyl (C=O) groups is 2. The Morgan fingerprint density at radius 3 is 2.15 bits per heavy atom. The highest BCUT2D eigenvalue weighted by Crippen LogP contribution is 2.20. The van der Waals surface area contributed by atoms with Crippen LogP contribution >= 0.6 is 11.6 Å². The van der Waals surface area contributed by atoms with E-state index in [1.807, 2.05) is 0 Å². The summed E-state index contributed by atoms with van der Waals surface area (Å²) in [6, 6.07) is 11.1. The van der Waals surface area contributed by atoms with Gasteiger partial charge in [-0.05, 0) is 36.4 Å². The first-order chi connectivity index (χ1) is 9.52. The molecular formula is C15H12ClNO3. The SMILES string of the molecule is COc1ccc(C(=O)c2ccc(C(N)=O)c(Cl)c2)cc1. The molecule has 1 amide bonds. The van der Waals surface area contributed by atoms with E-state index in [9.17, 15) is 9.59 Å². The van der Waals surface area contributed by atoms with Gasteiger partial charge in [0.05, 0.1) is 17.7 Å². The van der Waals surface area contributed by atoms with Gasteiger partial charge in [0.25, 0.3) is 0 Å². The number of nitrogens with two attached hydrogens (primary N) is 1. The van der Waals surface area contributed by atoms with Crippen molar-refractivity contribution in [3.63, 3.8) is 0 Å². The van der Waals surface area contributed by atoms with Crippen LogP contribution in [0.4, 0.5) is 0 Å². The average Bonchev–Trinajstić information content (AvgIpc) is 2.46. The molecule has 0 aliphatic heterocycles. The lowest BCUT2D eigenvalue weighted by atomic mass is 10.0. The Kier molecular flexibility index (Phi) is 4.05. The molecule has 0 unspecified atom stereocenters. The lowest BCUT2D eigenvalue weighted by Crippen LogP contribution is -2.12. The smallest absolute Gasteiger partial charge is 0.250 e. The first-order valence-electron chi connectivity index (χ1n) is 5.81. The number of methoxy groups -OCH3 is 1. The minimum absolute atomic E-state index is 0.164. The zero-order valence-electron chi connectivity index (χ0n) is 10.7. The van der Waals surface area contributed by atoms with Gasteiger partial charge in [0.15, 0.2) is 5.78 Å². The molecule has 0 saturated carbocycles. The Morgan fingerprint density at radius 1 is 1.05 bits per heavy atom. The molecule has 4 nitrogen and oxygen atoms in total. The van der Waals surface area contributed by atoms with Crippen molar-refractivity contribution < 1.29 is 14.3 Å². The Labute approximate surface area is 121 Å². The zero-order chi connectivity index (χ0) is 14.7. The maximum Gasteiger partial charge on any atom is 0.250 e. The average molecular weight is 290 g/mol. The highest BCUT2D eigenvalue weighted by atomic mass is 35.5. The number of ether oxygens (including phenoxy) is 1. The number of rotatable bonds is 4. The summed E-state index contributed by atoms with van der Waals surface area (Å²) in [5, 5.41) is 0.164. The van der Waals surface area contributed by atoms with Crippen LogP contribution in [0.3, 0.4) is 0 Å². The summed E-state index contributed by atoms with van der Waals surface area (Å²) >= 11 is 5.93. The molecule has 0 radical (unpaired) electrons. The van der Waals surface area contributed by atoms with E-state index in [1.54, 1.807) is 31.4 Å². The summed E-state index contributed by atoms with van der Waals surface area (Å²) < 4.78 is 5.03. The third-order valence-corrected chi connectivity index (χ3v) is 3.16. The van der Waals surface area contributed by atoms with Crippen LogP contribution in [0.2, 0.25) is 5.02 Å². The lowest BCUT2D eigenvalue weighted by Gasteiger charge is -2.05. The highest BCUT2D eigenvalue weighted by molar-refractivity contribution is 6.34. The van der Waals surface area contributed by atoms with Crippen LogP contribution < -0.4 is 10.5 Å². The summed E-state index contributed by atoms with van der Waals surface area (Å²) in [6.07, 6.45) is 0. The van der Waals surface area contributed by atoms with Crippen molar-refractivity contribution in [1.82, 2.24) is 0 Å². The van der Waals surface area contributed by atoms with Crippen LogP contribution in [0.15, 0.2) is 42.5 Å². The van der Waals surface area contributed by atoms with E-state index >= 15 is 0 Å². The van der Waals surface area contributed by atoms with Crippen LogP contribution in [-0.4, -0.2) is 18.8 Å². The fraction of sp³-hybridized carbons (Fsp3) is 0.0667. The number of benzene rings is 2. The summed E-state index contributed by atoms with van der Waals surface area (Å²) in [5.41, 5.74) is 6.26. The molecule has 0 bridgehead atoms. The Morgan fingerprint density at radius 2 is 1.65 bits per heavy atom. The molecule has 0 fully saturated rings. The first kappa shape index (κ1) is 14.1. The van der Waals surface area contributed by atoms with Gasteiger partial charge in [-0.1, -0.05) is 17.7 Å².